The van der Waals surface area contributed by atoms with Gasteiger partial charge in [0.15, 0.2) is 5.78 Å². The lowest BCUT2D eigenvalue weighted by Gasteiger charge is -2.34. The average molecular weight is 631 g/mol. The number of nitrogens with zero attached hydrogens (tertiary/aromatic N) is 1. The van der Waals surface area contributed by atoms with E-state index in [0.29, 0.717) is 24.8 Å². The molecule has 1 N–H and O–H groups in total. The zero-order valence-corrected chi connectivity index (χ0v) is 29.4. The van der Waals surface area contributed by atoms with Crippen molar-refractivity contribution in [2.24, 2.45) is 5.92 Å². The van der Waals surface area contributed by atoms with Crippen LogP contribution in [0.4, 0.5) is 0 Å². The number of Topliss-reactive ketones (excluding diaryl/α,β-unsaturated/α-hetero) is 2. The number of ketones is 2. The summed E-state index contributed by atoms with van der Waals surface area (Å²) < 4.78 is 7.57. The van der Waals surface area contributed by atoms with Gasteiger partial charge in [-0.1, -0.05) is 142 Å². The monoisotopic (exact) mass is 630 g/mol. The van der Waals surface area contributed by atoms with E-state index in [9.17, 15) is 19.2 Å². The fraction of sp³-hybridized carbons (Fsp3) is 0.842. The van der Waals surface area contributed by atoms with Crippen molar-refractivity contribution in [3.8, 4) is 0 Å². The van der Waals surface area contributed by atoms with Crippen LogP contribution in [0.15, 0.2) is 15.8 Å². The van der Waals surface area contributed by atoms with Gasteiger partial charge in [-0.2, -0.15) is 0 Å². The van der Waals surface area contributed by atoms with Crippen LogP contribution < -0.4 is 11.2 Å². The molecule has 0 amide bonds. The van der Waals surface area contributed by atoms with Crippen LogP contribution in [0.3, 0.4) is 0 Å². The molecule has 2 heterocycles. The molecule has 0 aromatic carbocycles. The first-order valence-electron chi connectivity index (χ1n) is 18.8. The van der Waals surface area contributed by atoms with Crippen molar-refractivity contribution in [2.75, 3.05) is 0 Å². The van der Waals surface area contributed by atoms with Gasteiger partial charge in [-0.25, -0.2) is 4.79 Å². The summed E-state index contributed by atoms with van der Waals surface area (Å²) in [5, 5.41) is 0. The summed E-state index contributed by atoms with van der Waals surface area (Å²) in [6.07, 6.45) is 28.2. The number of ether oxygens (including phenoxy) is 1. The van der Waals surface area contributed by atoms with Gasteiger partial charge in [-0.15, -0.1) is 0 Å². The summed E-state index contributed by atoms with van der Waals surface area (Å²) in [4.78, 5) is 55.5. The summed E-state index contributed by atoms with van der Waals surface area (Å²) in [5.74, 6) is -0.981. The van der Waals surface area contributed by atoms with Crippen molar-refractivity contribution in [3.05, 3.63) is 32.6 Å². The zero-order valence-electron chi connectivity index (χ0n) is 29.4. The van der Waals surface area contributed by atoms with E-state index in [1.807, 2.05) is 6.92 Å². The summed E-state index contributed by atoms with van der Waals surface area (Å²) in [6.45, 7) is 7.96. The van der Waals surface area contributed by atoms with E-state index in [1.54, 1.807) is 6.92 Å². The predicted molar refractivity (Wildman–Crippen MR) is 185 cm³/mol. The van der Waals surface area contributed by atoms with Gasteiger partial charge in [-0.05, 0) is 33.1 Å². The van der Waals surface area contributed by atoms with Crippen LogP contribution in [0, 0.1) is 12.8 Å². The Morgan fingerprint density at radius 1 is 0.733 bits per heavy atom. The Morgan fingerprint density at radius 2 is 1.16 bits per heavy atom. The molecule has 45 heavy (non-hydrogen) atoms. The van der Waals surface area contributed by atoms with Crippen LogP contribution in [-0.4, -0.2) is 27.2 Å². The molecule has 1 saturated heterocycles. The van der Waals surface area contributed by atoms with Crippen molar-refractivity contribution in [1.82, 2.24) is 9.55 Å². The Labute approximate surface area is 273 Å². The highest BCUT2D eigenvalue weighted by Gasteiger charge is 2.57. The Kier molecular flexibility index (Phi) is 19.6. The molecule has 0 bridgehead atoms. The Balaban J connectivity index is 1.96. The number of H-pyrrole nitrogens is 1. The van der Waals surface area contributed by atoms with Gasteiger partial charge in [0, 0.05) is 24.6 Å². The number of unbranched alkanes of at least 4 members (excludes halogenated alkanes) is 20. The molecule has 0 spiro atoms. The fourth-order valence-electron chi connectivity index (χ4n) is 6.98. The molecule has 0 saturated carbocycles. The smallest absolute Gasteiger partial charge is 0.331 e. The number of rotatable bonds is 27. The minimum atomic E-state index is -1.70. The Bertz CT molecular complexity index is 1090. The van der Waals surface area contributed by atoms with Gasteiger partial charge in [0.25, 0.3) is 5.56 Å². The Morgan fingerprint density at radius 3 is 1.62 bits per heavy atom. The lowest BCUT2D eigenvalue weighted by Crippen LogP contribution is -2.55. The normalized spacial score (nSPS) is 19.7. The molecule has 1 unspecified atom stereocenters. The molecular weight excluding hydrogens is 564 g/mol. The molecule has 1 aromatic heterocycles. The molecule has 1 aliphatic heterocycles. The van der Waals surface area contributed by atoms with E-state index in [-0.39, 0.29) is 24.1 Å². The molecule has 1 aliphatic rings. The largest absolute Gasteiger partial charge is 0.345 e. The lowest BCUT2D eigenvalue weighted by atomic mass is 9.83. The van der Waals surface area contributed by atoms with Gasteiger partial charge in [0.1, 0.15) is 5.78 Å². The van der Waals surface area contributed by atoms with Gasteiger partial charge >= 0.3 is 5.69 Å². The second-order valence-corrected chi connectivity index (χ2v) is 13.8. The maximum absolute atomic E-state index is 14.1. The van der Waals surface area contributed by atoms with Crippen LogP contribution in [0.1, 0.15) is 187 Å². The molecule has 3 atom stereocenters. The maximum Gasteiger partial charge on any atom is 0.331 e. The molecule has 0 radical (unpaired) electrons. The number of hydrogen-bond acceptors (Lipinski definition) is 5. The first-order chi connectivity index (χ1) is 21.8. The molecule has 1 fully saturated rings. The minimum Gasteiger partial charge on any atom is -0.345 e. The van der Waals surface area contributed by atoms with E-state index in [4.69, 9.17) is 4.74 Å². The van der Waals surface area contributed by atoms with Gasteiger partial charge < -0.3 is 4.74 Å². The van der Waals surface area contributed by atoms with E-state index < -0.39 is 22.9 Å². The third-order valence-corrected chi connectivity index (χ3v) is 9.72. The van der Waals surface area contributed by atoms with Crippen molar-refractivity contribution in [2.45, 2.75) is 200 Å². The van der Waals surface area contributed by atoms with Gasteiger partial charge in [0.2, 0.25) is 5.72 Å². The first kappa shape index (κ1) is 39.2. The zero-order chi connectivity index (χ0) is 32.9. The van der Waals surface area contributed by atoms with Crippen LogP contribution in [0.25, 0.3) is 0 Å². The van der Waals surface area contributed by atoms with Crippen molar-refractivity contribution < 1.29 is 14.3 Å². The second kappa shape index (κ2) is 22.5. The summed E-state index contributed by atoms with van der Waals surface area (Å²) in [7, 11) is 0. The highest BCUT2D eigenvalue weighted by atomic mass is 16.5. The predicted octanol–water partition coefficient (Wildman–Crippen LogP) is 9.46. The van der Waals surface area contributed by atoms with Crippen molar-refractivity contribution in [3.63, 3.8) is 0 Å². The molecule has 2 rings (SSSR count). The molecule has 1 aromatic rings. The van der Waals surface area contributed by atoms with E-state index in [0.717, 1.165) is 32.1 Å². The molecular formula is C38H66N2O5. The van der Waals surface area contributed by atoms with E-state index >= 15 is 0 Å². The number of aryl methyl sites for hydroxylation is 1. The minimum absolute atomic E-state index is 0.0155. The molecule has 7 nitrogen and oxygen atoms in total. The summed E-state index contributed by atoms with van der Waals surface area (Å²) >= 11 is 0. The number of aromatic nitrogens is 2. The van der Waals surface area contributed by atoms with Crippen LogP contribution in [0.2, 0.25) is 0 Å². The third-order valence-electron chi connectivity index (χ3n) is 9.72. The highest BCUT2D eigenvalue weighted by Crippen LogP contribution is 2.43. The first-order valence-corrected chi connectivity index (χ1v) is 18.8. The molecule has 258 valence electrons. The summed E-state index contributed by atoms with van der Waals surface area (Å²) in [6, 6.07) is 0. The maximum atomic E-state index is 14.1. The van der Waals surface area contributed by atoms with Crippen molar-refractivity contribution >= 4 is 11.6 Å². The van der Waals surface area contributed by atoms with Gasteiger partial charge in [-0.3, -0.25) is 23.9 Å². The third kappa shape index (κ3) is 13.3. The van der Waals surface area contributed by atoms with Crippen molar-refractivity contribution in [1.29, 1.82) is 0 Å². The molecule has 0 aliphatic carbocycles. The van der Waals surface area contributed by atoms with Crippen LogP contribution in [-0.2, 0) is 20.1 Å². The standard InChI is InChI=1S/C38H66N2O5/c1-5-7-9-11-13-15-17-19-21-23-25-27-34(41)33-29-32(4)45-38(33,40-30-31(3)36(43)39-37(40)44)35(42)28-26-24-22-20-18-16-14-12-10-8-6-2/h30,32-33H,5-29H2,1-4H3,(H,39,43,44)/t32-,33?,38+/m1/s1. The fourth-order valence-corrected chi connectivity index (χ4v) is 6.98. The number of nitrogens with one attached hydrogen (secondary N) is 1. The van der Waals surface area contributed by atoms with E-state index in [1.165, 1.54) is 113 Å². The van der Waals surface area contributed by atoms with Gasteiger partial charge in [0.05, 0.1) is 12.0 Å². The average Bonchev–Trinajstić information content (AvgIpc) is 3.38. The number of aromatic amines is 1. The summed E-state index contributed by atoms with van der Waals surface area (Å²) in [5.41, 5.74) is -2.56. The quantitative estimate of drug-likeness (QED) is 0.0977. The van der Waals surface area contributed by atoms with Crippen LogP contribution >= 0.6 is 0 Å². The topological polar surface area (TPSA) is 98.2 Å². The number of carbonyl (C=O) groups is 2. The van der Waals surface area contributed by atoms with Crippen LogP contribution in [0.5, 0.6) is 0 Å². The Hall–Kier alpha value is -2.02. The number of hydrogen-bond donors (Lipinski definition) is 1. The molecule has 7 heteroatoms. The lowest BCUT2D eigenvalue weighted by molar-refractivity contribution is -0.169. The number of carbonyl (C=O) groups excluding carboxylic acids is 2. The SMILES string of the molecule is CCCCCCCCCCCCCC(=O)C1C[C@@H](C)O[C@@]1(C(=O)CCCCCCCCCCCCC)n1cc(C)c(=O)[nH]c1=O. The van der Waals surface area contributed by atoms with E-state index in [2.05, 4.69) is 18.8 Å². The highest BCUT2D eigenvalue weighted by molar-refractivity contribution is 5.93. The second-order valence-electron chi connectivity index (χ2n) is 13.8.